The number of pyridine rings is 1. The molecule has 10 nitrogen and oxygen atoms in total. The van der Waals surface area contributed by atoms with Crippen molar-refractivity contribution in [1.29, 1.82) is 0 Å². The molecule has 0 unspecified atom stereocenters. The lowest BCUT2D eigenvalue weighted by Gasteiger charge is -2.24. The van der Waals surface area contributed by atoms with Gasteiger partial charge in [-0.2, -0.15) is 0 Å². The first-order valence-corrected chi connectivity index (χ1v) is 14.5. The second kappa shape index (κ2) is 13.1. The van der Waals surface area contributed by atoms with Crippen molar-refractivity contribution >= 4 is 29.4 Å². The number of rotatable bonds is 10. The Hall–Kier alpha value is -4.28. The molecule has 1 aliphatic carbocycles. The zero-order valence-corrected chi connectivity index (χ0v) is 23.3. The molecule has 3 amide bonds. The summed E-state index contributed by atoms with van der Waals surface area (Å²) in [6.45, 7) is 0.780. The van der Waals surface area contributed by atoms with Crippen LogP contribution >= 0.6 is 0 Å². The maximum Gasteiger partial charge on any atom is 0.333 e. The maximum absolute atomic E-state index is 14.0. The third-order valence-electron chi connectivity index (χ3n) is 8.24. The lowest BCUT2D eigenvalue weighted by Crippen LogP contribution is -2.44. The van der Waals surface area contributed by atoms with Crippen molar-refractivity contribution in [3.05, 3.63) is 76.0 Å². The Morgan fingerprint density at radius 3 is 2.52 bits per heavy atom. The third kappa shape index (κ3) is 6.95. The molecule has 3 fully saturated rings. The van der Waals surface area contributed by atoms with Crippen molar-refractivity contribution in [2.75, 3.05) is 18.5 Å². The van der Waals surface area contributed by atoms with Crippen LogP contribution in [0.5, 0.6) is 0 Å². The number of nitrogens with zero attached hydrogens (tertiary/aromatic N) is 1. The van der Waals surface area contributed by atoms with Gasteiger partial charge in [-0.15, -0.1) is 0 Å². The van der Waals surface area contributed by atoms with E-state index in [1.54, 1.807) is 24.3 Å². The zero-order valence-electron chi connectivity index (χ0n) is 23.3. The molecule has 2 aliphatic heterocycles. The number of cyclic esters (lactones) is 1. The molecule has 3 atom stereocenters. The molecule has 1 saturated carbocycles. The smallest absolute Gasteiger partial charge is 0.333 e. The SMILES string of the molecule is O=C1OCCC1=C[C@H](C[C@@H]1CCNC1=O)NC(=O)[C@H](Cc1ccc(F)cc1)n1cccc(NC(=O)C2CCCC2)c1=O. The number of amides is 3. The average molecular weight is 579 g/mol. The molecule has 3 heterocycles. The van der Waals surface area contributed by atoms with Gasteiger partial charge in [0.25, 0.3) is 5.56 Å². The zero-order chi connectivity index (χ0) is 29.6. The maximum atomic E-state index is 14.0. The Balaban J connectivity index is 1.44. The van der Waals surface area contributed by atoms with E-state index in [-0.39, 0.29) is 48.8 Å². The normalized spacial score (nSPS) is 21.2. The van der Waals surface area contributed by atoms with E-state index in [0.29, 0.717) is 30.5 Å². The highest BCUT2D eigenvalue weighted by Crippen LogP contribution is 2.26. The Morgan fingerprint density at radius 2 is 1.86 bits per heavy atom. The molecular weight excluding hydrogens is 543 g/mol. The van der Waals surface area contributed by atoms with Crippen molar-refractivity contribution in [3.8, 4) is 0 Å². The molecule has 5 rings (SSSR count). The number of halogens is 1. The Labute approximate surface area is 242 Å². The summed E-state index contributed by atoms with van der Waals surface area (Å²) in [5, 5.41) is 8.49. The molecule has 3 N–H and O–H groups in total. The number of hydrogen-bond acceptors (Lipinski definition) is 6. The summed E-state index contributed by atoms with van der Waals surface area (Å²) in [6.07, 6.45) is 7.90. The van der Waals surface area contributed by atoms with Gasteiger partial charge in [0, 0.05) is 49.0 Å². The van der Waals surface area contributed by atoms with Gasteiger partial charge in [0.15, 0.2) is 0 Å². The summed E-state index contributed by atoms with van der Waals surface area (Å²) in [4.78, 5) is 64.9. The third-order valence-corrected chi connectivity index (χ3v) is 8.24. The summed E-state index contributed by atoms with van der Waals surface area (Å²) in [5.74, 6) is -2.25. The van der Waals surface area contributed by atoms with Gasteiger partial charge in [0.2, 0.25) is 17.7 Å². The second-order valence-electron chi connectivity index (χ2n) is 11.2. The lowest BCUT2D eigenvalue weighted by atomic mass is 9.95. The first-order valence-electron chi connectivity index (χ1n) is 14.5. The number of ether oxygens (including phenoxy) is 1. The molecular formula is C31H35FN4O6. The quantitative estimate of drug-likeness (QED) is 0.293. The van der Waals surface area contributed by atoms with E-state index < -0.39 is 35.3 Å². The van der Waals surface area contributed by atoms with Crippen LogP contribution in [0.25, 0.3) is 0 Å². The predicted octanol–water partition coefficient (Wildman–Crippen LogP) is 2.78. The van der Waals surface area contributed by atoms with Crippen LogP contribution in [-0.2, 0) is 30.3 Å². The molecule has 222 valence electrons. The molecule has 11 heteroatoms. The minimum absolute atomic E-state index is 0.0568. The number of hydrogen-bond donors (Lipinski definition) is 3. The highest BCUT2D eigenvalue weighted by molar-refractivity contribution is 5.92. The highest BCUT2D eigenvalue weighted by Gasteiger charge is 2.32. The fraction of sp³-hybridized carbons (Fsp3) is 0.452. The van der Waals surface area contributed by atoms with Crippen LogP contribution in [0.15, 0.2) is 59.0 Å². The van der Waals surface area contributed by atoms with Gasteiger partial charge in [0.05, 0.1) is 6.61 Å². The Bertz CT molecular complexity index is 1430. The van der Waals surface area contributed by atoms with E-state index in [0.717, 1.165) is 25.7 Å². The topological polar surface area (TPSA) is 136 Å². The van der Waals surface area contributed by atoms with E-state index in [1.165, 1.54) is 29.0 Å². The second-order valence-corrected chi connectivity index (χ2v) is 11.2. The molecule has 3 aliphatic rings. The van der Waals surface area contributed by atoms with E-state index in [9.17, 15) is 28.4 Å². The minimum Gasteiger partial charge on any atom is -0.462 e. The Kier molecular flexibility index (Phi) is 9.14. The molecule has 0 spiro atoms. The van der Waals surface area contributed by atoms with E-state index in [1.807, 2.05) is 0 Å². The summed E-state index contributed by atoms with van der Waals surface area (Å²) in [6, 6.07) is 7.01. The monoisotopic (exact) mass is 578 g/mol. The number of anilines is 1. The van der Waals surface area contributed by atoms with Crippen molar-refractivity contribution in [1.82, 2.24) is 15.2 Å². The fourth-order valence-electron chi connectivity index (χ4n) is 5.90. The van der Waals surface area contributed by atoms with Crippen molar-refractivity contribution < 1.29 is 28.3 Å². The molecule has 2 aromatic rings. The van der Waals surface area contributed by atoms with Crippen molar-refractivity contribution in [3.63, 3.8) is 0 Å². The number of nitrogens with one attached hydrogen (secondary N) is 3. The summed E-state index contributed by atoms with van der Waals surface area (Å²) < 4.78 is 20.0. The minimum atomic E-state index is -1.07. The number of aromatic nitrogens is 1. The number of carbonyl (C=O) groups excluding carboxylic acids is 4. The van der Waals surface area contributed by atoms with E-state index in [2.05, 4.69) is 16.0 Å². The van der Waals surface area contributed by atoms with Crippen LogP contribution in [0, 0.1) is 17.7 Å². The molecule has 42 heavy (non-hydrogen) atoms. The van der Waals surface area contributed by atoms with Crippen LogP contribution in [0.2, 0.25) is 0 Å². The van der Waals surface area contributed by atoms with Gasteiger partial charge < -0.3 is 25.3 Å². The lowest BCUT2D eigenvalue weighted by molar-refractivity contribution is -0.135. The van der Waals surface area contributed by atoms with Crippen molar-refractivity contribution in [2.45, 2.75) is 63.5 Å². The van der Waals surface area contributed by atoms with Gasteiger partial charge in [-0.25, -0.2) is 9.18 Å². The fourth-order valence-corrected chi connectivity index (χ4v) is 5.90. The molecule has 0 radical (unpaired) electrons. The van der Waals surface area contributed by atoms with Gasteiger partial charge in [-0.3, -0.25) is 19.2 Å². The van der Waals surface area contributed by atoms with Gasteiger partial charge in [0.1, 0.15) is 17.5 Å². The molecule has 1 aromatic carbocycles. The van der Waals surface area contributed by atoms with E-state index >= 15 is 0 Å². The summed E-state index contributed by atoms with van der Waals surface area (Å²) in [5.41, 5.74) is 0.563. The van der Waals surface area contributed by atoms with Gasteiger partial charge in [-0.1, -0.05) is 31.1 Å². The van der Waals surface area contributed by atoms with Crippen LogP contribution in [0.1, 0.15) is 56.6 Å². The molecule has 0 bridgehead atoms. The molecule has 1 aromatic heterocycles. The van der Waals surface area contributed by atoms with Crippen LogP contribution in [0.4, 0.5) is 10.1 Å². The predicted molar refractivity (Wildman–Crippen MR) is 152 cm³/mol. The largest absolute Gasteiger partial charge is 0.462 e. The molecule has 2 saturated heterocycles. The van der Waals surface area contributed by atoms with E-state index in [4.69, 9.17) is 4.74 Å². The van der Waals surface area contributed by atoms with Crippen LogP contribution < -0.4 is 21.5 Å². The average Bonchev–Trinajstić information content (AvgIpc) is 3.74. The van der Waals surface area contributed by atoms with Gasteiger partial charge >= 0.3 is 5.97 Å². The van der Waals surface area contributed by atoms with Crippen LogP contribution in [0.3, 0.4) is 0 Å². The number of carbonyl (C=O) groups is 4. The van der Waals surface area contributed by atoms with Gasteiger partial charge in [-0.05, 0) is 55.5 Å². The highest BCUT2D eigenvalue weighted by atomic mass is 19.1. The summed E-state index contributed by atoms with van der Waals surface area (Å²) >= 11 is 0. The van der Waals surface area contributed by atoms with Crippen LogP contribution in [-0.4, -0.2) is 47.5 Å². The first-order chi connectivity index (χ1) is 20.3. The Morgan fingerprint density at radius 1 is 1.10 bits per heavy atom. The standard InChI is InChI=1S/C31H35FN4O6/c32-23-9-7-19(8-10-23)16-26(36-14-3-6-25(30(36)40)35-28(38)20-4-1-2-5-20)29(39)34-24(17-21-11-13-33-27(21)37)18-22-12-15-42-31(22)41/h3,6-10,14,18,20-21,24,26H,1-2,4-5,11-13,15-17H2,(H,33,37)(H,34,39)(H,35,38)/t21-,24-,26-/m0/s1. The number of benzene rings is 1. The first kappa shape index (κ1) is 29.2. The summed E-state index contributed by atoms with van der Waals surface area (Å²) in [7, 11) is 0. The van der Waals surface area contributed by atoms with Crippen molar-refractivity contribution in [2.24, 2.45) is 11.8 Å². The number of esters is 1.